The maximum Gasteiger partial charge on any atom is 0.270 e. The summed E-state index contributed by atoms with van der Waals surface area (Å²) in [7, 11) is 0. The summed E-state index contributed by atoms with van der Waals surface area (Å²) in [6.45, 7) is 7.23. The van der Waals surface area contributed by atoms with E-state index in [9.17, 15) is 4.79 Å². The summed E-state index contributed by atoms with van der Waals surface area (Å²) in [6, 6.07) is 5.71. The van der Waals surface area contributed by atoms with E-state index in [4.69, 9.17) is 0 Å². The highest BCUT2D eigenvalue weighted by atomic mass is 16.1. The summed E-state index contributed by atoms with van der Waals surface area (Å²) in [5, 5.41) is 6.23. The molecule has 1 atom stereocenters. The standard InChI is InChI=1S/C17H29N3O/c1-4-6-7-8-10-14(3)19-17(21)15-11-9-12-16(20-15)18-13-5-2/h9,11-12,14H,4-8,10,13H2,1-3H3,(H,18,20)(H,19,21). The molecule has 2 N–H and O–H groups in total. The van der Waals surface area contributed by atoms with Gasteiger partial charge in [-0.1, -0.05) is 45.6 Å². The van der Waals surface area contributed by atoms with Crippen LogP contribution < -0.4 is 10.6 Å². The molecule has 0 aliphatic rings. The number of hydrogen-bond donors (Lipinski definition) is 2. The van der Waals surface area contributed by atoms with Gasteiger partial charge in [-0.2, -0.15) is 0 Å². The predicted octanol–water partition coefficient (Wildman–Crippen LogP) is 3.99. The molecule has 21 heavy (non-hydrogen) atoms. The summed E-state index contributed by atoms with van der Waals surface area (Å²) in [4.78, 5) is 16.5. The molecular weight excluding hydrogens is 262 g/mol. The molecule has 0 saturated heterocycles. The van der Waals surface area contributed by atoms with Crippen molar-refractivity contribution < 1.29 is 4.79 Å². The fraction of sp³-hybridized carbons (Fsp3) is 0.647. The zero-order chi connectivity index (χ0) is 15.5. The van der Waals surface area contributed by atoms with Crippen LogP contribution in [0, 0.1) is 0 Å². The molecular formula is C17H29N3O. The van der Waals surface area contributed by atoms with Gasteiger partial charge >= 0.3 is 0 Å². The van der Waals surface area contributed by atoms with Crippen LogP contribution in [0.2, 0.25) is 0 Å². The number of anilines is 1. The Hall–Kier alpha value is -1.58. The molecule has 1 aromatic heterocycles. The normalized spacial score (nSPS) is 12.0. The number of carbonyl (C=O) groups is 1. The largest absolute Gasteiger partial charge is 0.370 e. The molecule has 118 valence electrons. The Kier molecular flexibility index (Phi) is 8.48. The summed E-state index contributed by atoms with van der Waals surface area (Å²) in [5.74, 6) is 0.679. The van der Waals surface area contributed by atoms with E-state index in [1.54, 1.807) is 6.07 Å². The van der Waals surface area contributed by atoms with Crippen LogP contribution in [0.4, 0.5) is 5.82 Å². The first kappa shape index (κ1) is 17.5. The zero-order valence-electron chi connectivity index (χ0n) is 13.6. The second kappa shape index (κ2) is 10.2. The Balaban J connectivity index is 2.43. The van der Waals surface area contributed by atoms with E-state index in [0.29, 0.717) is 5.69 Å². The van der Waals surface area contributed by atoms with Crippen LogP contribution in [-0.4, -0.2) is 23.5 Å². The van der Waals surface area contributed by atoms with E-state index < -0.39 is 0 Å². The van der Waals surface area contributed by atoms with E-state index in [1.807, 2.05) is 12.1 Å². The lowest BCUT2D eigenvalue weighted by atomic mass is 10.1. The summed E-state index contributed by atoms with van der Waals surface area (Å²) >= 11 is 0. The Labute approximate surface area is 128 Å². The first-order valence-electron chi connectivity index (χ1n) is 8.19. The van der Waals surface area contributed by atoms with Crippen molar-refractivity contribution in [3.05, 3.63) is 23.9 Å². The third-order valence-corrected chi connectivity index (χ3v) is 3.41. The number of amides is 1. The van der Waals surface area contributed by atoms with Crippen molar-refractivity contribution in [1.82, 2.24) is 10.3 Å². The molecule has 0 saturated carbocycles. The molecule has 4 heteroatoms. The van der Waals surface area contributed by atoms with Gasteiger partial charge in [-0.05, 0) is 31.9 Å². The molecule has 1 heterocycles. The average Bonchev–Trinajstić information content (AvgIpc) is 2.50. The molecule has 4 nitrogen and oxygen atoms in total. The van der Waals surface area contributed by atoms with Gasteiger partial charge in [0.15, 0.2) is 0 Å². The van der Waals surface area contributed by atoms with E-state index in [-0.39, 0.29) is 11.9 Å². The number of hydrogen-bond acceptors (Lipinski definition) is 3. The minimum absolute atomic E-state index is 0.0851. The van der Waals surface area contributed by atoms with Gasteiger partial charge in [0.1, 0.15) is 11.5 Å². The fourth-order valence-electron chi connectivity index (χ4n) is 2.16. The fourth-order valence-corrected chi connectivity index (χ4v) is 2.16. The Bertz CT molecular complexity index is 420. The smallest absolute Gasteiger partial charge is 0.270 e. The predicted molar refractivity (Wildman–Crippen MR) is 88.7 cm³/mol. The van der Waals surface area contributed by atoms with Gasteiger partial charge < -0.3 is 10.6 Å². The third-order valence-electron chi connectivity index (χ3n) is 3.41. The van der Waals surface area contributed by atoms with Crippen molar-refractivity contribution in [1.29, 1.82) is 0 Å². The summed E-state index contributed by atoms with van der Waals surface area (Å²) in [6.07, 6.45) is 6.98. The number of unbranched alkanes of at least 4 members (excludes halogenated alkanes) is 3. The van der Waals surface area contributed by atoms with Crippen molar-refractivity contribution in [2.45, 2.75) is 65.3 Å². The number of nitrogens with zero attached hydrogens (tertiary/aromatic N) is 1. The molecule has 0 aromatic carbocycles. The molecule has 1 amide bonds. The molecule has 1 aromatic rings. The maximum absolute atomic E-state index is 12.2. The van der Waals surface area contributed by atoms with E-state index in [2.05, 4.69) is 36.4 Å². The first-order chi connectivity index (χ1) is 10.2. The highest BCUT2D eigenvalue weighted by Gasteiger charge is 2.11. The molecule has 0 radical (unpaired) electrons. The minimum Gasteiger partial charge on any atom is -0.370 e. The molecule has 0 bridgehead atoms. The van der Waals surface area contributed by atoms with Gasteiger partial charge in [0.05, 0.1) is 0 Å². The van der Waals surface area contributed by atoms with Crippen LogP contribution in [0.25, 0.3) is 0 Å². The average molecular weight is 291 g/mol. The van der Waals surface area contributed by atoms with Gasteiger partial charge in [0, 0.05) is 12.6 Å². The highest BCUT2D eigenvalue weighted by Crippen LogP contribution is 2.08. The van der Waals surface area contributed by atoms with Gasteiger partial charge in [0.25, 0.3) is 5.91 Å². The highest BCUT2D eigenvalue weighted by molar-refractivity contribution is 5.92. The second-order valence-electron chi connectivity index (χ2n) is 5.56. The van der Waals surface area contributed by atoms with Crippen LogP contribution >= 0.6 is 0 Å². The minimum atomic E-state index is -0.0851. The SMILES string of the molecule is CCCCCCC(C)NC(=O)c1cccc(NCCC)n1. The second-order valence-corrected chi connectivity index (χ2v) is 5.56. The monoisotopic (exact) mass is 291 g/mol. The van der Waals surface area contributed by atoms with Gasteiger partial charge in [-0.3, -0.25) is 4.79 Å². The molecule has 0 aliphatic heterocycles. The number of rotatable bonds is 10. The first-order valence-corrected chi connectivity index (χ1v) is 8.19. The lowest BCUT2D eigenvalue weighted by molar-refractivity contribution is 0.0933. The molecule has 1 rings (SSSR count). The quantitative estimate of drug-likeness (QED) is 0.641. The van der Waals surface area contributed by atoms with Gasteiger partial charge in [-0.25, -0.2) is 4.98 Å². The van der Waals surface area contributed by atoms with Crippen molar-refractivity contribution in [3.8, 4) is 0 Å². The van der Waals surface area contributed by atoms with Crippen molar-refractivity contribution >= 4 is 11.7 Å². The molecule has 0 spiro atoms. The topological polar surface area (TPSA) is 54.0 Å². The van der Waals surface area contributed by atoms with Crippen LogP contribution in [0.5, 0.6) is 0 Å². The Morgan fingerprint density at radius 1 is 1.19 bits per heavy atom. The lowest BCUT2D eigenvalue weighted by Crippen LogP contribution is -2.33. The maximum atomic E-state index is 12.2. The third kappa shape index (κ3) is 7.11. The van der Waals surface area contributed by atoms with E-state index in [0.717, 1.165) is 25.2 Å². The van der Waals surface area contributed by atoms with Crippen LogP contribution in [0.3, 0.4) is 0 Å². The Morgan fingerprint density at radius 3 is 2.71 bits per heavy atom. The van der Waals surface area contributed by atoms with Gasteiger partial charge in [-0.15, -0.1) is 0 Å². The van der Waals surface area contributed by atoms with E-state index >= 15 is 0 Å². The number of carbonyl (C=O) groups excluding carboxylic acids is 1. The summed E-state index contributed by atoms with van der Waals surface area (Å²) in [5.41, 5.74) is 0.483. The molecule has 0 aliphatic carbocycles. The lowest BCUT2D eigenvalue weighted by Gasteiger charge is -2.14. The Morgan fingerprint density at radius 2 is 2.00 bits per heavy atom. The number of pyridine rings is 1. The molecule has 1 unspecified atom stereocenters. The van der Waals surface area contributed by atoms with Crippen LogP contribution in [-0.2, 0) is 0 Å². The van der Waals surface area contributed by atoms with Crippen molar-refractivity contribution in [2.24, 2.45) is 0 Å². The van der Waals surface area contributed by atoms with E-state index in [1.165, 1.54) is 25.7 Å². The van der Waals surface area contributed by atoms with Crippen molar-refractivity contribution in [3.63, 3.8) is 0 Å². The summed E-state index contributed by atoms with van der Waals surface area (Å²) < 4.78 is 0. The zero-order valence-corrected chi connectivity index (χ0v) is 13.6. The number of aromatic nitrogens is 1. The van der Waals surface area contributed by atoms with Crippen LogP contribution in [0.1, 0.15) is 69.8 Å². The number of nitrogens with one attached hydrogen (secondary N) is 2. The molecule has 0 fully saturated rings. The van der Waals surface area contributed by atoms with Crippen molar-refractivity contribution in [2.75, 3.05) is 11.9 Å². The van der Waals surface area contributed by atoms with Gasteiger partial charge in [0.2, 0.25) is 0 Å². The van der Waals surface area contributed by atoms with Crippen LogP contribution in [0.15, 0.2) is 18.2 Å².